The molecule has 80 valence electrons. The second kappa shape index (κ2) is 4.83. The molecule has 14 heavy (non-hydrogen) atoms. The summed E-state index contributed by atoms with van der Waals surface area (Å²) in [4.78, 5) is 5.05. The van der Waals surface area contributed by atoms with E-state index in [0.29, 0.717) is 0 Å². The predicted molar refractivity (Wildman–Crippen MR) is 54.6 cm³/mol. The van der Waals surface area contributed by atoms with Crippen LogP contribution in [-0.4, -0.2) is 30.9 Å². The summed E-state index contributed by atoms with van der Waals surface area (Å²) < 4.78 is 24.6. The Hall–Kier alpha value is -0.500. The molecule has 0 aliphatic rings. The van der Waals surface area contributed by atoms with Crippen molar-refractivity contribution in [1.29, 1.82) is 0 Å². The van der Waals surface area contributed by atoms with Gasteiger partial charge in [0.1, 0.15) is 5.01 Å². The molecule has 5 nitrogen and oxygen atoms in total. The van der Waals surface area contributed by atoms with E-state index in [0.717, 1.165) is 9.88 Å². The van der Waals surface area contributed by atoms with Crippen molar-refractivity contribution in [3.63, 3.8) is 0 Å². The molecule has 0 amide bonds. The lowest BCUT2D eigenvalue weighted by Crippen LogP contribution is -2.27. The molecule has 0 bridgehead atoms. The van der Waals surface area contributed by atoms with Crippen LogP contribution in [0.3, 0.4) is 0 Å². The second-order valence-electron chi connectivity index (χ2n) is 2.73. The molecule has 1 aromatic heterocycles. The first-order valence-corrected chi connectivity index (χ1v) is 6.50. The lowest BCUT2D eigenvalue weighted by molar-refractivity contribution is 0.319. The number of thiazole rings is 1. The number of aryl methyl sites for hydroxylation is 1. The van der Waals surface area contributed by atoms with Crippen molar-refractivity contribution in [2.45, 2.75) is 13.5 Å². The minimum atomic E-state index is -3.35. The first kappa shape index (κ1) is 11.6. The molecule has 1 heterocycles. The number of rotatable bonds is 5. The highest BCUT2D eigenvalue weighted by molar-refractivity contribution is 7.89. The number of hydrogen-bond acceptors (Lipinski definition) is 5. The fourth-order valence-electron chi connectivity index (χ4n) is 0.847. The van der Waals surface area contributed by atoms with E-state index < -0.39 is 10.0 Å². The highest BCUT2D eigenvalue weighted by Gasteiger charge is 2.09. The molecule has 0 saturated heterocycles. The molecule has 1 aromatic rings. The van der Waals surface area contributed by atoms with Crippen molar-refractivity contribution in [2.75, 3.05) is 12.4 Å². The average Bonchev–Trinajstić information content (AvgIpc) is 2.48. The zero-order valence-corrected chi connectivity index (χ0v) is 9.36. The van der Waals surface area contributed by atoms with Gasteiger partial charge in [0.05, 0.1) is 18.9 Å². The number of aliphatic hydroxyl groups is 1. The molecule has 2 N–H and O–H groups in total. The molecular formula is C7H12N2O3S2. The minimum Gasteiger partial charge on any atom is -0.395 e. The van der Waals surface area contributed by atoms with Gasteiger partial charge in [0.2, 0.25) is 10.0 Å². The number of aliphatic hydroxyl groups excluding tert-OH is 1. The highest BCUT2D eigenvalue weighted by atomic mass is 32.2. The normalized spacial score (nSPS) is 11.9. The molecule has 0 atom stereocenters. The average molecular weight is 236 g/mol. The third-order valence-electron chi connectivity index (χ3n) is 1.47. The summed E-state index contributed by atoms with van der Waals surface area (Å²) in [5, 5.41) is 9.20. The van der Waals surface area contributed by atoms with Gasteiger partial charge in [0.15, 0.2) is 0 Å². The maximum Gasteiger partial charge on any atom is 0.214 e. The van der Waals surface area contributed by atoms with Crippen LogP contribution in [-0.2, 0) is 16.6 Å². The van der Waals surface area contributed by atoms with Crippen molar-refractivity contribution in [1.82, 2.24) is 9.71 Å². The van der Waals surface area contributed by atoms with Crippen molar-refractivity contribution >= 4 is 21.4 Å². The van der Waals surface area contributed by atoms with Crippen LogP contribution in [0.2, 0.25) is 0 Å². The largest absolute Gasteiger partial charge is 0.395 e. The lowest BCUT2D eigenvalue weighted by Gasteiger charge is -2.01. The third kappa shape index (κ3) is 3.70. The zero-order chi connectivity index (χ0) is 10.6. The van der Waals surface area contributed by atoms with Crippen LogP contribution in [0.25, 0.3) is 0 Å². The van der Waals surface area contributed by atoms with Crippen LogP contribution in [0, 0.1) is 6.92 Å². The predicted octanol–water partition coefficient (Wildman–Crippen LogP) is -0.137. The van der Waals surface area contributed by atoms with E-state index >= 15 is 0 Å². The topological polar surface area (TPSA) is 79.3 Å². The zero-order valence-electron chi connectivity index (χ0n) is 7.73. The van der Waals surface area contributed by atoms with Gasteiger partial charge in [-0.25, -0.2) is 18.1 Å². The summed E-state index contributed by atoms with van der Waals surface area (Å²) in [6, 6.07) is 0. The molecule has 7 heteroatoms. The van der Waals surface area contributed by atoms with E-state index in [4.69, 9.17) is 5.11 Å². The van der Waals surface area contributed by atoms with Gasteiger partial charge in [-0.3, -0.25) is 0 Å². The van der Waals surface area contributed by atoms with Gasteiger partial charge in [-0.2, -0.15) is 0 Å². The fourth-order valence-corrected chi connectivity index (χ4v) is 2.41. The highest BCUT2D eigenvalue weighted by Crippen LogP contribution is 2.10. The van der Waals surface area contributed by atoms with E-state index in [-0.39, 0.29) is 18.9 Å². The van der Waals surface area contributed by atoms with Crippen LogP contribution in [0.4, 0.5) is 0 Å². The standard InChI is InChI=1S/C7H12N2O3S2/c1-6-4-8-7(13-6)5-9-14(11,12)3-2-10/h4,9-10H,2-3,5H2,1H3. The molecule has 0 spiro atoms. The molecule has 1 rings (SSSR count). The first-order chi connectivity index (χ1) is 6.53. The maximum atomic E-state index is 11.1. The van der Waals surface area contributed by atoms with Gasteiger partial charge in [-0.1, -0.05) is 0 Å². The van der Waals surface area contributed by atoms with E-state index in [1.165, 1.54) is 11.3 Å². The van der Waals surface area contributed by atoms with E-state index in [1.54, 1.807) is 6.20 Å². The van der Waals surface area contributed by atoms with Gasteiger partial charge in [-0.15, -0.1) is 11.3 Å². The Labute approximate surface area is 86.9 Å². The van der Waals surface area contributed by atoms with Crippen LogP contribution >= 0.6 is 11.3 Å². The fraction of sp³-hybridized carbons (Fsp3) is 0.571. The summed E-state index contributed by atoms with van der Waals surface area (Å²) in [5.41, 5.74) is 0. The van der Waals surface area contributed by atoms with Crippen molar-refractivity contribution in [2.24, 2.45) is 0 Å². The van der Waals surface area contributed by atoms with Gasteiger partial charge in [0.25, 0.3) is 0 Å². The number of sulfonamides is 1. The molecule has 0 radical (unpaired) electrons. The third-order valence-corrected chi connectivity index (χ3v) is 3.69. The van der Waals surface area contributed by atoms with Gasteiger partial charge < -0.3 is 5.11 Å². The SMILES string of the molecule is Cc1cnc(CNS(=O)(=O)CCO)s1. The Bertz CT molecular complexity index is 385. The van der Waals surface area contributed by atoms with Crippen molar-refractivity contribution < 1.29 is 13.5 Å². The molecule has 0 unspecified atom stereocenters. The van der Waals surface area contributed by atoms with Gasteiger partial charge in [-0.05, 0) is 6.92 Å². The number of hydrogen-bond donors (Lipinski definition) is 2. The van der Waals surface area contributed by atoms with E-state index in [2.05, 4.69) is 9.71 Å². The molecular weight excluding hydrogens is 224 g/mol. The van der Waals surface area contributed by atoms with Crippen LogP contribution in [0.1, 0.15) is 9.88 Å². The van der Waals surface area contributed by atoms with Crippen LogP contribution in [0.15, 0.2) is 6.20 Å². The van der Waals surface area contributed by atoms with Crippen LogP contribution < -0.4 is 4.72 Å². The number of aromatic nitrogens is 1. The summed E-state index contributed by atoms with van der Waals surface area (Å²) in [5.74, 6) is -0.267. The Morgan fingerprint density at radius 3 is 2.86 bits per heavy atom. The monoisotopic (exact) mass is 236 g/mol. The van der Waals surface area contributed by atoms with Crippen molar-refractivity contribution in [3.05, 3.63) is 16.1 Å². The first-order valence-electron chi connectivity index (χ1n) is 4.03. The molecule has 0 aromatic carbocycles. The van der Waals surface area contributed by atoms with Gasteiger partial charge in [0, 0.05) is 11.1 Å². The quantitative estimate of drug-likeness (QED) is 0.746. The summed E-state index contributed by atoms with van der Waals surface area (Å²) >= 11 is 1.45. The molecule has 0 aliphatic heterocycles. The molecule has 0 saturated carbocycles. The summed E-state index contributed by atoms with van der Waals surface area (Å²) in [6.45, 7) is 1.73. The minimum absolute atomic E-state index is 0.195. The Morgan fingerprint density at radius 1 is 1.64 bits per heavy atom. The maximum absolute atomic E-state index is 11.1. The molecule has 0 fully saturated rings. The Balaban J connectivity index is 2.48. The molecule has 0 aliphatic carbocycles. The lowest BCUT2D eigenvalue weighted by atomic mass is 10.6. The van der Waals surface area contributed by atoms with E-state index in [9.17, 15) is 8.42 Å². The number of nitrogens with zero attached hydrogens (tertiary/aromatic N) is 1. The smallest absolute Gasteiger partial charge is 0.214 e. The summed E-state index contributed by atoms with van der Waals surface area (Å²) in [6.07, 6.45) is 1.69. The van der Waals surface area contributed by atoms with Crippen LogP contribution in [0.5, 0.6) is 0 Å². The second-order valence-corrected chi connectivity index (χ2v) is 5.97. The number of nitrogens with one attached hydrogen (secondary N) is 1. The van der Waals surface area contributed by atoms with E-state index in [1.807, 2.05) is 6.92 Å². The van der Waals surface area contributed by atoms with Gasteiger partial charge >= 0.3 is 0 Å². The Morgan fingerprint density at radius 2 is 2.36 bits per heavy atom. The van der Waals surface area contributed by atoms with Crippen molar-refractivity contribution in [3.8, 4) is 0 Å². The summed E-state index contributed by atoms with van der Waals surface area (Å²) in [7, 11) is -3.35. The Kier molecular flexibility index (Phi) is 3.99.